The van der Waals surface area contributed by atoms with E-state index in [1.807, 2.05) is 31.2 Å². The van der Waals surface area contributed by atoms with Crippen LogP contribution in [0.25, 0.3) is 33.6 Å². The second-order valence-corrected chi connectivity index (χ2v) is 7.87. The minimum atomic E-state index is -0.427. The summed E-state index contributed by atoms with van der Waals surface area (Å²) < 4.78 is 14.8. The molecule has 1 N–H and O–H groups in total. The number of anilines is 1. The van der Waals surface area contributed by atoms with Crippen molar-refractivity contribution in [2.45, 2.75) is 6.92 Å². The average molecular weight is 474 g/mol. The molecule has 31 heavy (non-hydrogen) atoms. The van der Waals surface area contributed by atoms with Crippen molar-refractivity contribution in [2.75, 3.05) is 11.9 Å². The Morgan fingerprint density at radius 2 is 1.71 bits per heavy atom. The van der Waals surface area contributed by atoms with E-state index in [9.17, 15) is 4.39 Å². The molecule has 2 aromatic carbocycles. The predicted molar refractivity (Wildman–Crippen MR) is 125 cm³/mol. The Morgan fingerprint density at radius 1 is 0.903 bits per heavy atom. The molecule has 0 radical (unpaired) electrons. The van der Waals surface area contributed by atoms with Gasteiger partial charge in [-0.3, -0.25) is 4.98 Å². The van der Waals surface area contributed by atoms with Gasteiger partial charge in [-0.1, -0.05) is 59.1 Å². The third-order valence-electron chi connectivity index (χ3n) is 4.64. The summed E-state index contributed by atoms with van der Waals surface area (Å²) in [5, 5.41) is 12.4. The molecule has 8 heteroatoms. The van der Waals surface area contributed by atoms with E-state index in [2.05, 4.69) is 20.5 Å². The fraction of sp³-hybridized carbons (Fsp3) is 0.0870. The predicted octanol–water partition coefficient (Wildman–Crippen LogP) is 7.40. The van der Waals surface area contributed by atoms with Gasteiger partial charge in [0.2, 0.25) is 0 Å². The average Bonchev–Trinajstić information content (AvgIpc) is 2.75. The Labute approximate surface area is 194 Å². The minimum absolute atomic E-state index is 0.0978. The first-order valence-electron chi connectivity index (χ1n) is 9.46. The highest BCUT2D eigenvalue weighted by molar-refractivity contribution is 6.38. The monoisotopic (exact) mass is 472 g/mol. The molecule has 0 amide bonds. The molecule has 0 unspecified atom stereocenters. The molecule has 0 aliphatic rings. The van der Waals surface area contributed by atoms with Crippen molar-refractivity contribution in [3.05, 3.63) is 81.8 Å². The summed E-state index contributed by atoms with van der Waals surface area (Å²) in [5.41, 5.74) is 3.69. The summed E-state index contributed by atoms with van der Waals surface area (Å²) in [7, 11) is 0. The molecule has 0 aliphatic carbocycles. The molecule has 2 heterocycles. The van der Waals surface area contributed by atoms with Gasteiger partial charge in [0.05, 0.1) is 21.3 Å². The van der Waals surface area contributed by atoms with Gasteiger partial charge < -0.3 is 5.32 Å². The minimum Gasteiger partial charge on any atom is -0.385 e. The maximum absolute atomic E-state index is 14.8. The summed E-state index contributed by atoms with van der Waals surface area (Å²) >= 11 is 19.0. The molecule has 0 bridgehead atoms. The number of hydrogen-bond acceptors (Lipinski definition) is 4. The largest absolute Gasteiger partial charge is 0.385 e. The van der Waals surface area contributed by atoms with Gasteiger partial charge in [-0.15, -0.1) is 10.2 Å². The fourth-order valence-corrected chi connectivity index (χ4v) is 4.04. The van der Waals surface area contributed by atoms with Crippen LogP contribution < -0.4 is 5.32 Å². The number of halogens is 4. The molecule has 2 aromatic heterocycles. The maximum atomic E-state index is 14.8. The molecule has 4 aromatic rings. The van der Waals surface area contributed by atoms with Crippen LogP contribution >= 0.6 is 34.8 Å². The summed E-state index contributed by atoms with van der Waals surface area (Å²) in [6.45, 7) is 2.75. The van der Waals surface area contributed by atoms with Crippen LogP contribution in [0.5, 0.6) is 0 Å². The van der Waals surface area contributed by atoms with Crippen LogP contribution in [0.4, 0.5) is 10.1 Å². The number of rotatable bonds is 5. The van der Waals surface area contributed by atoms with Crippen LogP contribution in [0.2, 0.25) is 15.2 Å². The topological polar surface area (TPSA) is 50.7 Å². The van der Waals surface area contributed by atoms with Crippen LogP contribution in [-0.4, -0.2) is 21.7 Å². The van der Waals surface area contributed by atoms with Crippen molar-refractivity contribution < 1.29 is 4.39 Å². The lowest BCUT2D eigenvalue weighted by molar-refractivity contribution is 0.630. The van der Waals surface area contributed by atoms with Gasteiger partial charge in [0.15, 0.2) is 5.15 Å². The number of aromatic nitrogens is 3. The highest BCUT2D eigenvalue weighted by Crippen LogP contribution is 2.44. The quantitative estimate of drug-likeness (QED) is 0.328. The van der Waals surface area contributed by atoms with E-state index in [4.69, 9.17) is 34.8 Å². The van der Waals surface area contributed by atoms with Crippen LogP contribution in [0.1, 0.15) is 6.92 Å². The smallest absolute Gasteiger partial charge is 0.161 e. The second-order valence-electron chi connectivity index (χ2n) is 6.66. The van der Waals surface area contributed by atoms with E-state index in [1.165, 1.54) is 12.3 Å². The molecule has 156 valence electrons. The fourth-order valence-electron chi connectivity index (χ4n) is 3.34. The van der Waals surface area contributed by atoms with E-state index in [1.54, 1.807) is 24.3 Å². The maximum Gasteiger partial charge on any atom is 0.161 e. The van der Waals surface area contributed by atoms with Crippen LogP contribution in [0, 0.1) is 5.82 Å². The molecular formula is C23H16Cl3FN4. The van der Waals surface area contributed by atoms with Crippen LogP contribution in [0.3, 0.4) is 0 Å². The Kier molecular flexibility index (Phi) is 6.37. The van der Waals surface area contributed by atoms with Crippen LogP contribution in [0.15, 0.2) is 60.8 Å². The standard InChI is InChI=1S/C23H16Cl3FN4/c1-2-28-15-7-5-6-13(10-15)19-20(22-17(25)11-14(24)12-29-22)23(26)31-30-21(19)16-8-3-4-9-18(16)27/h3-12,28H,2H2,1H3. The van der Waals surface area contributed by atoms with Crippen molar-refractivity contribution in [1.82, 2.24) is 15.2 Å². The SMILES string of the molecule is CCNc1cccc(-c2c(-c3ccccc3F)nnc(Cl)c2-c2ncc(Cl)cc2Cl)c1. The summed E-state index contributed by atoms with van der Waals surface area (Å²) in [4.78, 5) is 4.39. The molecule has 0 saturated heterocycles. The highest BCUT2D eigenvalue weighted by atomic mass is 35.5. The molecule has 0 spiro atoms. The van der Waals surface area contributed by atoms with Crippen molar-refractivity contribution >= 4 is 40.5 Å². The zero-order chi connectivity index (χ0) is 22.0. The van der Waals surface area contributed by atoms with Crippen molar-refractivity contribution in [3.63, 3.8) is 0 Å². The third-order valence-corrected chi connectivity index (χ3v) is 5.40. The number of pyridine rings is 1. The van der Waals surface area contributed by atoms with Crippen LogP contribution in [-0.2, 0) is 0 Å². The summed E-state index contributed by atoms with van der Waals surface area (Å²) in [6.07, 6.45) is 1.47. The van der Waals surface area contributed by atoms with Gasteiger partial charge in [0.25, 0.3) is 0 Å². The van der Waals surface area contributed by atoms with E-state index in [-0.39, 0.29) is 5.15 Å². The normalized spacial score (nSPS) is 10.9. The van der Waals surface area contributed by atoms with Gasteiger partial charge in [0.1, 0.15) is 11.5 Å². The lowest BCUT2D eigenvalue weighted by atomic mass is 9.93. The van der Waals surface area contributed by atoms with Crippen molar-refractivity contribution in [1.29, 1.82) is 0 Å². The molecular weight excluding hydrogens is 458 g/mol. The molecule has 4 rings (SSSR count). The Balaban J connectivity index is 2.09. The highest BCUT2D eigenvalue weighted by Gasteiger charge is 2.24. The lowest BCUT2D eigenvalue weighted by Gasteiger charge is -2.17. The number of nitrogens with one attached hydrogen (secondary N) is 1. The van der Waals surface area contributed by atoms with E-state index in [0.29, 0.717) is 38.1 Å². The summed E-state index contributed by atoms with van der Waals surface area (Å²) in [6, 6.07) is 15.6. The first-order chi connectivity index (χ1) is 15.0. The lowest BCUT2D eigenvalue weighted by Crippen LogP contribution is -2.02. The zero-order valence-corrected chi connectivity index (χ0v) is 18.6. The number of benzene rings is 2. The van der Waals surface area contributed by atoms with E-state index < -0.39 is 5.82 Å². The first kappa shape index (κ1) is 21.5. The van der Waals surface area contributed by atoms with Crippen molar-refractivity contribution in [2.24, 2.45) is 0 Å². The Bertz CT molecular complexity index is 1260. The molecule has 0 atom stereocenters. The van der Waals surface area contributed by atoms with Gasteiger partial charge in [-0.05, 0) is 42.8 Å². The van der Waals surface area contributed by atoms with Gasteiger partial charge in [-0.2, -0.15) is 0 Å². The zero-order valence-electron chi connectivity index (χ0n) is 16.3. The molecule has 0 saturated carbocycles. The van der Waals surface area contributed by atoms with E-state index >= 15 is 0 Å². The van der Waals surface area contributed by atoms with Gasteiger partial charge in [0, 0.05) is 29.6 Å². The molecule has 0 aliphatic heterocycles. The third kappa shape index (κ3) is 4.35. The van der Waals surface area contributed by atoms with Gasteiger partial charge in [-0.25, -0.2) is 4.39 Å². The number of hydrogen-bond donors (Lipinski definition) is 1. The molecule has 4 nitrogen and oxygen atoms in total. The van der Waals surface area contributed by atoms with E-state index in [0.717, 1.165) is 17.8 Å². The first-order valence-corrected chi connectivity index (χ1v) is 10.6. The van der Waals surface area contributed by atoms with Gasteiger partial charge >= 0.3 is 0 Å². The number of nitrogens with zero attached hydrogens (tertiary/aromatic N) is 3. The Morgan fingerprint density at radius 3 is 2.45 bits per heavy atom. The Hall–Kier alpha value is -2.73. The molecule has 0 fully saturated rings. The summed E-state index contributed by atoms with van der Waals surface area (Å²) in [5.74, 6) is -0.427. The van der Waals surface area contributed by atoms with Crippen molar-refractivity contribution in [3.8, 4) is 33.6 Å². The second kappa shape index (κ2) is 9.18.